The molecule has 3 aliphatic rings. The number of imide groups is 1. The second-order valence-corrected chi connectivity index (χ2v) is 12.7. The van der Waals surface area contributed by atoms with Crippen molar-refractivity contribution in [3.8, 4) is 11.5 Å². The van der Waals surface area contributed by atoms with Crippen LogP contribution in [0.15, 0.2) is 89.5 Å². The third kappa shape index (κ3) is 6.98. The molecule has 0 unspecified atom stereocenters. The molecule has 6 rings (SSSR count). The van der Waals surface area contributed by atoms with Crippen molar-refractivity contribution in [2.24, 2.45) is 17.8 Å². The van der Waals surface area contributed by atoms with Crippen LogP contribution >= 0.6 is 0 Å². The highest BCUT2D eigenvalue weighted by molar-refractivity contribution is 6.58. The summed E-state index contributed by atoms with van der Waals surface area (Å²) >= 11 is 0. The van der Waals surface area contributed by atoms with Gasteiger partial charge in [-0.1, -0.05) is 61.4 Å². The van der Waals surface area contributed by atoms with Gasteiger partial charge in [0, 0.05) is 0 Å². The van der Waals surface area contributed by atoms with Gasteiger partial charge in [0.25, 0.3) is 0 Å². The number of aromatic hydroxyl groups is 1. The first kappa shape index (κ1) is 33.7. The molecule has 2 amide bonds. The van der Waals surface area contributed by atoms with Crippen LogP contribution in [0.25, 0.3) is 6.08 Å². The maximum absolute atomic E-state index is 14.1. The van der Waals surface area contributed by atoms with Crippen molar-refractivity contribution in [3.63, 3.8) is 0 Å². The van der Waals surface area contributed by atoms with Crippen LogP contribution in [0.5, 0.6) is 11.5 Å². The van der Waals surface area contributed by atoms with Crippen molar-refractivity contribution >= 4 is 43.3 Å². The van der Waals surface area contributed by atoms with E-state index in [1.807, 2.05) is 36.4 Å². The molecule has 2 fully saturated rings. The number of allylic oxidation sites excluding steroid dienone is 1. The normalized spacial score (nSPS) is 22.6. The molecule has 2 aliphatic heterocycles. The first-order valence-electron chi connectivity index (χ1n) is 16.4. The number of para-hydroxylation sites is 1. The summed E-state index contributed by atoms with van der Waals surface area (Å²) in [5.74, 6) is -3.13. The smallest absolute Gasteiger partial charge is 0.488 e. The number of hydrogen-bond donors (Lipinski definition) is 4. The molecule has 9 nitrogen and oxygen atoms in total. The van der Waals surface area contributed by atoms with Crippen LogP contribution in [-0.2, 0) is 14.2 Å². The first-order valence-corrected chi connectivity index (χ1v) is 16.4. The summed E-state index contributed by atoms with van der Waals surface area (Å²) in [5.41, 5.74) is 3.81. The fourth-order valence-electron chi connectivity index (χ4n) is 7.42. The summed E-state index contributed by atoms with van der Waals surface area (Å²) in [5, 5.41) is 40.1. The van der Waals surface area contributed by atoms with Gasteiger partial charge in [-0.15, -0.1) is 0 Å². The summed E-state index contributed by atoms with van der Waals surface area (Å²) in [6.07, 6.45) is 4.40. The highest BCUT2D eigenvalue weighted by Crippen LogP contribution is 2.51. The summed E-state index contributed by atoms with van der Waals surface area (Å²) in [6.45, 7) is 2.23. The fourth-order valence-corrected chi connectivity index (χ4v) is 7.42. The Morgan fingerprint density at radius 2 is 1.83 bits per heavy atom. The molecule has 0 aromatic heterocycles. The zero-order valence-corrected chi connectivity index (χ0v) is 26.7. The number of phenolic OH excluding ortho intramolecular Hbond substituents is 1. The molecule has 0 saturated carbocycles. The Hall–Kier alpha value is -4.22. The minimum Gasteiger partial charge on any atom is -0.505 e. The zero-order valence-electron chi connectivity index (χ0n) is 26.7. The standard InChI is InChI=1S/C36H38B2FNO8/c1-2-7-22(16-23-12-14-31(41)30(39)17-23)13-15-32-33-24(21-47-27-10-4-3-5-11-27)18-28-34(29(33)20-37(44)48-32)36(43)40(35(28)42)26-9-6-8-25(19-26)38(45)46/h3-6,8-12,14,16-17,19,28-29,32,34,41,44-46H,2,7,13,15,18,20-21H2,1H3/b22-16+/t28-,29+,32-,34-/m1/s1. The van der Waals surface area contributed by atoms with E-state index in [0.29, 0.717) is 24.2 Å². The van der Waals surface area contributed by atoms with E-state index >= 15 is 0 Å². The number of nitrogens with zero attached hydrogens (tertiary/aromatic N) is 1. The number of halogens is 1. The van der Waals surface area contributed by atoms with Crippen LogP contribution in [0.2, 0.25) is 6.32 Å². The molecule has 3 aromatic carbocycles. The summed E-state index contributed by atoms with van der Waals surface area (Å²) in [6, 6.07) is 19.7. The Bertz CT molecular complexity index is 1730. The average molecular weight is 653 g/mol. The van der Waals surface area contributed by atoms with Gasteiger partial charge < -0.3 is 29.6 Å². The van der Waals surface area contributed by atoms with E-state index in [1.165, 1.54) is 24.3 Å². The number of hydrogen-bond acceptors (Lipinski definition) is 8. The van der Waals surface area contributed by atoms with Crippen molar-refractivity contribution in [1.82, 2.24) is 0 Å². The van der Waals surface area contributed by atoms with Crippen molar-refractivity contribution in [1.29, 1.82) is 0 Å². The summed E-state index contributed by atoms with van der Waals surface area (Å²) in [7, 11) is -2.92. The van der Waals surface area contributed by atoms with E-state index in [0.717, 1.165) is 34.5 Å². The zero-order chi connectivity index (χ0) is 33.9. The van der Waals surface area contributed by atoms with Crippen LogP contribution in [0, 0.1) is 23.6 Å². The van der Waals surface area contributed by atoms with Gasteiger partial charge in [0.15, 0.2) is 11.6 Å². The van der Waals surface area contributed by atoms with E-state index in [1.54, 1.807) is 18.2 Å². The van der Waals surface area contributed by atoms with Crippen molar-refractivity contribution in [2.45, 2.75) is 51.5 Å². The lowest BCUT2D eigenvalue weighted by atomic mass is 9.58. The maximum Gasteiger partial charge on any atom is 0.488 e. The van der Waals surface area contributed by atoms with E-state index in [2.05, 4.69) is 6.92 Å². The van der Waals surface area contributed by atoms with Crippen LogP contribution in [0.3, 0.4) is 0 Å². The second-order valence-electron chi connectivity index (χ2n) is 12.7. The molecule has 48 heavy (non-hydrogen) atoms. The Balaban J connectivity index is 1.33. The van der Waals surface area contributed by atoms with Gasteiger partial charge in [0.1, 0.15) is 12.4 Å². The molecule has 12 heteroatoms. The Morgan fingerprint density at radius 3 is 2.56 bits per heavy atom. The van der Waals surface area contributed by atoms with E-state index < -0.39 is 55.6 Å². The number of fused-ring (bicyclic) bond motifs is 3. The number of benzene rings is 3. The molecule has 2 saturated heterocycles. The SMILES string of the molecule is CCC/C(=C\c1ccc(O)c(F)c1)CC[C@H]1OB(O)C[C@H]2C1=C(COc1ccccc1)C[C@H]1C(=O)N(c3cccc(B(O)O)c3)C(=O)[C@H]12. The molecular weight excluding hydrogens is 615 g/mol. The number of carbonyl (C=O) groups excluding carboxylic acids is 2. The maximum atomic E-state index is 14.1. The third-order valence-electron chi connectivity index (χ3n) is 9.53. The highest BCUT2D eigenvalue weighted by Gasteiger charge is 2.57. The topological polar surface area (TPSA) is 137 Å². The van der Waals surface area contributed by atoms with Gasteiger partial charge in [0.2, 0.25) is 11.8 Å². The lowest BCUT2D eigenvalue weighted by molar-refractivity contribution is -0.122. The van der Waals surface area contributed by atoms with Crippen LogP contribution in [0.1, 0.15) is 44.6 Å². The minimum atomic E-state index is -1.76. The van der Waals surface area contributed by atoms with Crippen molar-refractivity contribution in [2.75, 3.05) is 11.5 Å². The minimum absolute atomic E-state index is 0.133. The molecule has 0 spiro atoms. The van der Waals surface area contributed by atoms with Gasteiger partial charge in [-0.3, -0.25) is 14.5 Å². The highest BCUT2D eigenvalue weighted by atomic mass is 19.1. The quantitative estimate of drug-likeness (QED) is 0.137. The molecule has 3 aromatic rings. The lowest BCUT2D eigenvalue weighted by Crippen LogP contribution is -2.46. The predicted octanol–water partition coefficient (Wildman–Crippen LogP) is 4.26. The number of rotatable bonds is 11. The summed E-state index contributed by atoms with van der Waals surface area (Å²) in [4.78, 5) is 29.2. The number of amides is 2. The van der Waals surface area contributed by atoms with Gasteiger partial charge in [-0.05, 0) is 96.5 Å². The van der Waals surface area contributed by atoms with Crippen molar-refractivity contribution in [3.05, 3.63) is 101 Å². The van der Waals surface area contributed by atoms with Gasteiger partial charge >= 0.3 is 14.2 Å². The van der Waals surface area contributed by atoms with E-state index in [4.69, 9.17) is 9.39 Å². The van der Waals surface area contributed by atoms with Gasteiger partial charge in [-0.25, -0.2) is 4.39 Å². The second kappa shape index (κ2) is 14.5. The molecule has 4 atom stereocenters. The van der Waals surface area contributed by atoms with E-state index in [9.17, 15) is 34.2 Å². The van der Waals surface area contributed by atoms with Gasteiger partial charge in [0.05, 0.1) is 23.6 Å². The number of anilines is 1. The first-order chi connectivity index (χ1) is 23.1. The Labute approximate surface area is 279 Å². The van der Waals surface area contributed by atoms with Crippen LogP contribution in [-0.4, -0.2) is 58.9 Å². The molecule has 1 aliphatic carbocycles. The molecular formula is C36H38B2FNO8. The van der Waals surface area contributed by atoms with E-state index in [-0.39, 0.29) is 36.4 Å². The monoisotopic (exact) mass is 653 g/mol. The summed E-state index contributed by atoms with van der Waals surface area (Å²) < 4.78 is 26.5. The Kier molecular flexibility index (Phi) is 10.2. The van der Waals surface area contributed by atoms with Gasteiger partial charge in [-0.2, -0.15) is 0 Å². The molecule has 248 valence electrons. The fraction of sp³-hybridized carbons (Fsp3) is 0.333. The molecule has 4 N–H and O–H groups in total. The molecule has 0 bridgehead atoms. The third-order valence-corrected chi connectivity index (χ3v) is 9.53. The Morgan fingerprint density at radius 1 is 1.04 bits per heavy atom. The molecule has 2 heterocycles. The van der Waals surface area contributed by atoms with Crippen molar-refractivity contribution < 1.29 is 43.5 Å². The predicted molar refractivity (Wildman–Crippen MR) is 181 cm³/mol. The van der Waals surface area contributed by atoms with Crippen LogP contribution < -0.4 is 15.1 Å². The number of ether oxygens (including phenoxy) is 1. The largest absolute Gasteiger partial charge is 0.505 e. The molecule has 0 radical (unpaired) electrons. The number of phenols is 1. The van der Waals surface area contributed by atoms with Crippen LogP contribution in [0.4, 0.5) is 10.1 Å². The number of carbonyl (C=O) groups is 2. The average Bonchev–Trinajstić information content (AvgIpc) is 3.33. The lowest BCUT2D eigenvalue weighted by Gasteiger charge is -2.43.